The van der Waals surface area contributed by atoms with Crippen molar-refractivity contribution in [2.24, 2.45) is 7.05 Å². The largest absolute Gasteiger partial charge is 0.493 e. The molecule has 114 valence electrons. The number of aryl methyl sites for hydroxylation is 1. The van der Waals surface area contributed by atoms with Crippen LogP contribution in [-0.4, -0.2) is 31.1 Å². The molecule has 0 aliphatic carbocycles. The fourth-order valence-corrected chi connectivity index (χ4v) is 2.70. The molecule has 0 aliphatic rings. The van der Waals surface area contributed by atoms with Gasteiger partial charge in [-0.15, -0.1) is 0 Å². The molecule has 2 aromatic carbocycles. The maximum atomic E-state index is 5.57. The maximum absolute atomic E-state index is 5.57. The fraction of sp³-hybridized carbons (Fsp3) is 0.235. The first kappa shape index (κ1) is 14.3. The number of aromatic nitrogens is 2. The monoisotopic (exact) mass is 298 g/mol. The molecule has 3 aromatic rings. The molecule has 0 N–H and O–H groups in total. The van der Waals surface area contributed by atoms with E-state index in [9.17, 15) is 0 Å². The summed E-state index contributed by atoms with van der Waals surface area (Å²) >= 11 is 0. The number of nitrogens with zero attached hydrogens (tertiary/aromatic N) is 2. The molecule has 0 radical (unpaired) electrons. The van der Waals surface area contributed by atoms with Gasteiger partial charge in [-0.1, -0.05) is 18.2 Å². The minimum Gasteiger partial charge on any atom is -0.493 e. The zero-order valence-electron chi connectivity index (χ0n) is 13.1. The molecule has 0 saturated heterocycles. The number of hydrogen-bond donors (Lipinski definition) is 0. The van der Waals surface area contributed by atoms with Gasteiger partial charge in [-0.3, -0.25) is 4.68 Å². The van der Waals surface area contributed by atoms with Crippen LogP contribution >= 0.6 is 0 Å². The normalized spacial score (nSPS) is 10.7. The van der Waals surface area contributed by atoms with E-state index in [1.165, 1.54) is 0 Å². The summed E-state index contributed by atoms with van der Waals surface area (Å²) in [4.78, 5) is 0. The van der Waals surface area contributed by atoms with Crippen LogP contribution < -0.4 is 14.2 Å². The lowest BCUT2D eigenvalue weighted by molar-refractivity contribution is 0.325. The van der Waals surface area contributed by atoms with Gasteiger partial charge in [0.25, 0.3) is 0 Å². The number of ether oxygens (including phenoxy) is 3. The minimum atomic E-state index is 0.567. The number of para-hydroxylation sites is 1. The van der Waals surface area contributed by atoms with Crippen molar-refractivity contribution in [3.05, 3.63) is 36.4 Å². The van der Waals surface area contributed by atoms with E-state index < -0.39 is 0 Å². The highest BCUT2D eigenvalue weighted by atomic mass is 16.5. The fourth-order valence-electron chi connectivity index (χ4n) is 2.70. The van der Waals surface area contributed by atoms with E-state index >= 15 is 0 Å². The van der Waals surface area contributed by atoms with Gasteiger partial charge in [0.2, 0.25) is 5.75 Å². The van der Waals surface area contributed by atoms with Gasteiger partial charge in [-0.2, -0.15) is 5.10 Å². The standard InChI is InChI=1S/C17H18N2O3/c1-19-13-8-6-5-7-11(13)15(18-19)12-9-10-14(20-2)17(22-4)16(12)21-3/h5-10H,1-4H3. The first-order chi connectivity index (χ1) is 10.7. The van der Waals surface area contributed by atoms with E-state index in [-0.39, 0.29) is 0 Å². The third-order valence-corrected chi connectivity index (χ3v) is 3.72. The Bertz CT molecular complexity index is 824. The molecule has 22 heavy (non-hydrogen) atoms. The second-order valence-corrected chi connectivity index (χ2v) is 4.87. The highest BCUT2D eigenvalue weighted by Crippen LogP contribution is 2.45. The second-order valence-electron chi connectivity index (χ2n) is 4.87. The van der Waals surface area contributed by atoms with Crippen LogP contribution in [0.5, 0.6) is 17.2 Å². The highest BCUT2D eigenvalue weighted by Gasteiger charge is 2.20. The number of rotatable bonds is 4. The molecule has 5 heteroatoms. The Morgan fingerprint density at radius 3 is 2.27 bits per heavy atom. The van der Waals surface area contributed by atoms with Gasteiger partial charge in [-0.05, 0) is 18.2 Å². The molecule has 0 bridgehead atoms. The van der Waals surface area contributed by atoms with Gasteiger partial charge < -0.3 is 14.2 Å². The van der Waals surface area contributed by atoms with E-state index in [1.54, 1.807) is 21.3 Å². The van der Waals surface area contributed by atoms with Crippen LogP contribution in [0.4, 0.5) is 0 Å². The Balaban J connectivity index is 2.31. The second kappa shape index (κ2) is 5.60. The average molecular weight is 298 g/mol. The van der Waals surface area contributed by atoms with Crippen LogP contribution in [0.3, 0.4) is 0 Å². The lowest BCUT2D eigenvalue weighted by Crippen LogP contribution is -1.97. The average Bonchev–Trinajstić information content (AvgIpc) is 2.90. The quantitative estimate of drug-likeness (QED) is 0.741. The maximum Gasteiger partial charge on any atom is 0.203 e. The van der Waals surface area contributed by atoms with Gasteiger partial charge >= 0.3 is 0 Å². The topological polar surface area (TPSA) is 45.5 Å². The molecule has 1 aromatic heterocycles. The number of benzene rings is 2. The number of hydrogen-bond acceptors (Lipinski definition) is 4. The SMILES string of the molecule is COc1ccc(-c2nn(C)c3ccccc23)c(OC)c1OC. The molecular formula is C17H18N2O3. The molecule has 0 atom stereocenters. The lowest BCUT2D eigenvalue weighted by Gasteiger charge is -2.14. The molecule has 0 fully saturated rings. The van der Waals surface area contributed by atoms with Crippen LogP contribution in [0.15, 0.2) is 36.4 Å². The van der Waals surface area contributed by atoms with Crippen LogP contribution in [0, 0.1) is 0 Å². The number of methoxy groups -OCH3 is 3. The van der Waals surface area contributed by atoms with Crippen molar-refractivity contribution in [3.63, 3.8) is 0 Å². The van der Waals surface area contributed by atoms with Crippen molar-refractivity contribution in [1.29, 1.82) is 0 Å². The van der Waals surface area contributed by atoms with Crippen LogP contribution in [0.2, 0.25) is 0 Å². The van der Waals surface area contributed by atoms with E-state index in [0.717, 1.165) is 22.2 Å². The van der Waals surface area contributed by atoms with E-state index in [1.807, 2.05) is 48.1 Å². The molecule has 0 saturated carbocycles. The Kier molecular flexibility index (Phi) is 3.63. The summed E-state index contributed by atoms with van der Waals surface area (Å²) in [5, 5.41) is 5.71. The minimum absolute atomic E-state index is 0.567. The van der Waals surface area contributed by atoms with E-state index in [2.05, 4.69) is 5.10 Å². The molecule has 0 spiro atoms. The third kappa shape index (κ3) is 2.06. The molecule has 1 heterocycles. The Hall–Kier alpha value is -2.69. The summed E-state index contributed by atoms with van der Waals surface area (Å²) in [5.74, 6) is 1.81. The smallest absolute Gasteiger partial charge is 0.203 e. The summed E-state index contributed by atoms with van der Waals surface area (Å²) in [6, 6.07) is 11.9. The molecule has 3 rings (SSSR count). The first-order valence-electron chi connectivity index (χ1n) is 6.92. The summed E-state index contributed by atoms with van der Waals surface area (Å²) in [6.07, 6.45) is 0. The summed E-state index contributed by atoms with van der Waals surface area (Å²) < 4.78 is 18.2. The highest BCUT2D eigenvalue weighted by molar-refractivity contribution is 5.95. The van der Waals surface area contributed by atoms with Crippen molar-refractivity contribution in [2.45, 2.75) is 0 Å². The van der Waals surface area contributed by atoms with Gasteiger partial charge in [0.1, 0.15) is 5.69 Å². The zero-order chi connectivity index (χ0) is 15.7. The van der Waals surface area contributed by atoms with Gasteiger partial charge in [0.15, 0.2) is 11.5 Å². The molecule has 5 nitrogen and oxygen atoms in total. The predicted molar refractivity (Wildman–Crippen MR) is 85.8 cm³/mol. The molecule has 0 aliphatic heterocycles. The van der Waals surface area contributed by atoms with Crippen molar-refractivity contribution in [3.8, 4) is 28.5 Å². The van der Waals surface area contributed by atoms with Crippen LogP contribution in [0.25, 0.3) is 22.2 Å². The van der Waals surface area contributed by atoms with Crippen molar-refractivity contribution < 1.29 is 14.2 Å². The lowest BCUT2D eigenvalue weighted by atomic mass is 10.1. The Morgan fingerprint density at radius 1 is 0.864 bits per heavy atom. The molecular weight excluding hydrogens is 280 g/mol. The van der Waals surface area contributed by atoms with Crippen molar-refractivity contribution in [2.75, 3.05) is 21.3 Å². The van der Waals surface area contributed by atoms with Crippen LogP contribution in [0.1, 0.15) is 0 Å². The third-order valence-electron chi connectivity index (χ3n) is 3.72. The van der Waals surface area contributed by atoms with E-state index in [0.29, 0.717) is 17.2 Å². The Labute approximate surface area is 129 Å². The number of fused-ring (bicyclic) bond motifs is 1. The zero-order valence-corrected chi connectivity index (χ0v) is 13.1. The molecule has 0 unspecified atom stereocenters. The van der Waals surface area contributed by atoms with Gasteiger partial charge in [0, 0.05) is 18.0 Å². The first-order valence-corrected chi connectivity index (χ1v) is 6.92. The van der Waals surface area contributed by atoms with Crippen molar-refractivity contribution in [1.82, 2.24) is 9.78 Å². The summed E-state index contributed by atoms with van der Waals surface area (Å²) in [6.45, 7) is 0. The van der Waals surface area contributed by atoms with Gasteiger partial charge in [0.05, 0.1) is 26.8 Å². The van der Waals surface area contributed by atoms with Gasteiger partial charge in [-0.25, -0.2) is 0 Å². The van der Waals surface area contributed by atoms with Crippen LogP contribution in [-0.2, 0) is 7.05 Å². The summed E-state index contributed by atoms with van der Waals surface area (Å²) in [5.41, 5.74) is 2.79. The summed E-state index contributed by atoms with van der Waals surface area (Å²) in [7, 11) is 6.75. The molecule has 0 amide bonds. The van der Waals surface area contributed by atoms with E-state index in [4.69, 9.17) is 14.2 Å². The Morgan fingerprint density at radius 2 is 1.59 bits per heavy atom. The predicted octanol–water partition coefficient (Wildman–Crippen LogP) is 3.27. The van der Waals surface area contributed by atoms with Crippen molar-refractivity contribution >= 4 is 10.9 Å².